The average molecular weight is 377 g/mol. The van der Waals surface area contributed by atoms with E-state index < -0.39 is 17.9 Å². The van der Waals surface area contributed by atoms with E-state index in [0.717, 1.165) is 6.42 Å². The number of hydrogen-bond donors (Lipinski definition) is 2. The Morgan fingerprint density at radius 2 is 2.24 bits per heavy atom. The number of carbonyl (C=O) groups excluding carboxylic acids is 1. The summed E-state index contributed by atoms with van der Waals surface area (Å²) in [6, 6.07) is 3.96. The Morgan fingerprint density at radius 3 is 2.86 bits per heavy atom. The van der Waals surface area contributed by atoms with E-state index in [1.54, 1.807) is 18.2 Å². The monoisotopic (exact) mass is 375 g/mol. The van der Waals surface area contributed by atoms with Gasteiger partial charge in [0.15, 0.2) is 0 Å². The van der Waals surface area contributed by atoms with Crippen molar-refractivity contribution in [3.8, 4) is 0 Å². The summed E-state index contributed by atoms with van der Waals surface area (Å²) in [5, 5.41) is 12.1. The van der Waals surface area contributed by atoms with Crippen molar-refractivity contribution in [3.63, 3.8) is 0 Å². The summed E-state index contributed by atoms with van der Waals surface area (Å²) < 4.78 is 5.88. The zero-order valence-electron chi connectivity index (χ0n) is 11.1. The van der Waals surface area contributed by atoms with E-state index >= 15 is 0 Å². The van der Waals surface area contributed by atoms with Gasteiger partial charge < -0.3 is 15.2 Å². The minimum absolute atomic E-state index is 0.230. The highest BCUT2D eigenvalue weighted by atomic mass is 79.9. The maximum absolute atomic E-state index is 12.3. The van der Waals surface area contributed by atoms with Crippen LogP contribution in [0.15, 0.2) is 22.7 Å². The van der Waals surface area contributed by atoms with Gasteiger partial charge in [0.2, 0.25) is 0 Å². The van der Waals surface area contributed by atoms with Crippen molar-refractivity contribution in [1.82, 2.24) is 5.32 Å². The maximum atomic E-state index is 12.3. The second kappa shape index (κ2) is 7.24. The predicted molar refractivity (Wildman–Crippen MR) is 81.6 cm³/mol. The summed E-state index contributed by atoms with van der Waals surface area (Å²) in [7, 11) is 0. The minimum Gasteiger partial charge on any atom is -0.480 e. The van der Waals surface area contributed by atoms with E-state index in [9.17, 15) is 14.7 Å². The molecule has 2 atom stereocenters. The molecule has 0 radical (unpaired) electrons. The Morgan fingerprint density at radius 1 is 1.48 bits per heavy atom. The van der Waals surface area contributed by atoms with E-state index in [-0.39, 0.29) is 16.5 Å². The first-order valence-corrected chi connectivity index (χ1v) is 7.73. The van der Waals surface area contributed by atoms with Gasteiger partial charge in [-0.1, -0.05) is 17.7 Å². The molecule has 1 aromatic carbocycles. The fourth-order valence-corrected chi connectivity index (χ4v) is 2.89. The fraction of sp³-hybridized carbons (Fsp3) is 0.429. The molecule has 1 aliphatic rings. The van der Waals surface area contributed by atoms with Crippen molar-refractivity contribution < 1.29 is 19.4 Å². The summed E-state index contributed by atoms with van der Waals surface area (Å²) >= 11 is 9.29. The number of aliphatic carboxylic acids is 1. The summed E-state index contributed by atoms with van der Waals surface area (Å²) in [4.78, 5) is 23.7. The van der Waals surface area contributed by atoms with Gasteiger partial charge in [0.05, 0.1) is 17.2 Å². The Labute approximate surface area is 135 Å². The van der Waals surface area contributed by atoms with Gasteiger partial charge in [-0.2, -0.15) is 0 Å². The quantitative estimate of drug-likeness (QED) is 0.847. The van der Waals surface area contributed by atoms with Crippen molar-refractivity contribution in [2.45, 2.75) is 18.9 Å². The van der Waals surface area contributed by atoms with Crippen LogP contribution in [0.4, 0.5) is 0 Å². The molecule has 2 rings (SSSR count). The average Bonchev–Trinajstić information content (AvgIpc) is 2.48. The summed E-state index contributed by atoms with van der Waals surface area (Å²) in [6.07, 6.45) is 1.51. The number of carbonyl (C=O) groups is 2. The lowest BCUT2D eigenvalue weighted by Gasteiger charge is -2.28. The highest BCUT2D eigenvalue weighted by Gasteiger charge is 2.32. The molecule has 0 bridgehead atoms. The topological polar surface area (TPSA) is 75.6 Å². The molecule has 0 spiro atoms. The molecule has 5 nitrogen and oxygen atoms in total. The Balaban J connectivity index is 2.14. The van der Waals surface area contributed by atoms with E-state index in [0.29, 0.717) is 24.1 Å². The molecular formula is C14H15BrClNO4. The second-order valence-corrected chi connectivity index (χ2v) is 6.10. The van der Waals surface area contributed by atoms with E-state index in [4.69, 9.17) is 16.3 Å². The van der Waals surface area contributed by atoms with E-state index in [1.807, 2.05) is 0 Å². The highest BCUT2D eigenvalue weighted by Crippen LogP contribution is 2.26. The number of hydrogen-bond acceptors (Lipinski definition) is 3. The number of amides is 1. The van der Waals surface area contributed by atoms with Crippen molar-refractivity contribution in [2.24, 2.45) is 5.92 Å². The van der Waals surface area contributed by atoms with Crippen LogP contribution in [-0.4, -0.2) is 36.2 Å². The highest BCUT2D eigenvalue weighted by molar-refractivity contribution is 9.10. The van der Waals surface area contributed by atoms with Gasteiger partial charge >= 0.3 is 5.97 Å². The second-order valence-electron chi connectivity index (χ2n) is 4.87. The third kappa shape index (κ3) is 3.96. The van der Waals surface area contributed by atoms with Crippen LogP contribution in [0.5, 0.6) is 0 Å². The third-order valence-corrected chi connectivity index (χ3v) is 4.71. The summed E-state index contributed by atoms with van der Waals surface area (Å²) in [5.41, 5.74) is 0.244. The number of halogens is 2. The number of benzene rings is 1. The van der Waals surface area contributed by atoms with Gasteiger partial charge in [-0.25, -0.2) is 4.79 Å². The number of carboxylic acids is 1. The Bertz CT molecular complexity index is 546. The Kier molecular flexibility index (Phi) is 5.61. The molecule has 0 aliphatic carbocycles. The first kappa shape index (κ1) is 16.3. The zero-order chi connectivity index (χ0) is 15.4. The molecule has 1 aliphatic heterocycles. The molecule has 114 valence electrons. The molecule has 21 heavy (non-hydrogen) atoms. The lowest BCUT2D eigenvalue weighted by atomic mass is 9.93. The molecule has 2 unspecified atom stereocenters. The van der Waals surface area contributed by atoms with Gasteiger partial charge in [-0.05, 0) is 40.9 Å². The van der Waals surface area contributed by atoms with Gasteiger partial charge in [-0.15, -0.1) is 0 Å². The molecule has 0 saturated carbocycles. The molecule has 1 amide bonds. The van der Waals surface area contributed by atoms with Crippen LogP contribution < -0.4 is 5.32 Å². The van der Waals surface area contributed by atoms with Gasteiger partial charge in [0, 0.05) is 17.0 Å². The van der Waals surface area contributed by atoms with Crippen LogP contribution in [0, 0.1) is 5.92 Å². The van der Waals surface area contributed by atoms with Gasteiger partial charge in [-0.3, -0.25) is 4.79 Å². The first-order chi connectivity index (χ1) is 10.0. The molecule has 1 aromatic rings. The normalized spacial score (nSPS) is 19.8. The molecule has 1 heterocycles. The van der Waals surface area contributed by atoms with Crippen LogP contribution in [0.25, 0.3) is 0 Å². The molecule has 1 saturated heterocycles. The molecular weight excluding hydrogens is 362 g/mol. The number of rotatable bonds is 4. The van der Waals surface area contributed by atoms with Crippen LogP contribution in [0.3, 0.4) is 0 Å². The number of carboxylic acid groups (broad SMARTS) is 1. The molecule has 7 heteroatoms. The predicted octanol–water partition coefficient (Wildman–Crippen LogP) is 2.71. The van der Waals surface area contributed by atoms with Crippen molar-refractivity contribution in [2.75, 3.05) is 13.2 Å². The van der Waals surface area contributed by atoms with Crippen LogP contribution in [-0.2, 0) is 9.53 Å². The number of nitrogens with one attached hydrogen (secondary N) is 1. The fourth-order valence-electron chi connectivity index (χ4n) is 2.31. The zero-order valence-corrected chi connectivity index (χ0v) is 13.5. The molecule has 0 aromatic heterocycles. The van der Waals surface area contributed by atoms with Gasteiger partial charge in [0.25, 0.3) is 5.91 Å². The van der Waals surface area contributed by atoms with Crippen molar-refractivity contribution >= 4 is 39.4 Å². The third-order valence-electron chi connectivity index (χ3n) is 3.42. The Hall–Kier alpha value is -1.11. The van der Waals surface area contributed by atoms with Crippen LogP contribution in [0.2, 0.25) is 5.02 Å². The smallest absolute Gasteiger partial charge is 0.326 e. The standard InChI is InChI=1S/C14H15BrClNO4/c15-10-5-1-4-9(11(10)16)13(18)17-12(14(19)20)8-3-2-6-21-7-8/h1,4-5,8,12H,2-3,6-7H2,(H,17,18)(H,19,20). The summed E-state index contributed by atoms with van der Waals surface area (Å²) in [6.45, 7) is 0.970. The van der Waals surface area contributed by atoms with Gasteiger partial charge in [0.1, 0.15) is 6.04 Å². The SMILES string of the molecule is O=C(NC(C(=O)O)C1CCCOC1)c1cccc(Br)c1Cl. The first-order valence-electron chi connectivity index (χ1n) is 6.56. The molecule has 1 fully saturated rings. The maximum Gasteiger partial charge on any atom is 0.326 e. The number of ether oxygens (including phenoxy) is 1. The lowest BCUT2D eigenvalue weighted by Crippen LogP contribution is -2.48. The van der Waals surface area contributed by atoms with Crippen LogP contribution >= 0.6 is 27.5 Å². The van der Waals surface area contributed by atoms with Crippen molar-refractivity contribution in [3.05, 3.63) is 33.3 Å². The molecule has 2 N–H and O–H groups in total. The van der Waals surface area contributed by atoms with Crippen molar-refractivity contribution in [1.29, 1.82) is 0 Å². The van der Waals surface area contributed by atoms with E-state index in [1.165, 1.54) is 0 Å². The summed E-state index contributed by atoms with van der Waals surface area (Å²) in [5.74, 6) is -1.80. The minimum atomic E-state index is -1.06. The largest absolute Gasteiger partial charge is 0.480 e. The van der Waals surface area contributed by atoms with E-state index in [2.05, 4.69) is 21.2 Å². The van der Waals surface area contributed by atoms with Crippen LogP contribution in [0.1, 0.15) is 23.2 Å². The lowest BCUT2D eigenvalue weighted by molar-refractivity contribution is -0.142.